The van der Waals surface area contributed by atoms with Crippen LogP contribution in [0.25, 0.3) is 0 Å². The van der Waals surface area contributed by atoms with E-state index in [4.69, 9.17) is 0 Å². The largest absolute Gasteiger partial charge is 0.371 e. The molecule has 0 aliphatic carbocycles. The topological polar surface area (TPSA) is 104 Å². The maximum Gasteiger partial charge on any atom is 0.262 e. The Morgan fingerprint density at radius 1 is 0.963 bits per heavy atom. The number of fused-ring (bicyclic) bond motifs is 1. The molecule has 1 aromatic carbocycles. The molecular formula is C19H19N3O5. The molecule has 0 radical (unpaired) electrons. The van der Waals surface area contributed by atoms with Crippen LogP contribution in [-0.4, -0.2) is 53.9 Å². The van der Waals surface area contributed by atoms with Gasteiger partial charge in [0.05, 0.1) is 11.1 Å². The number of rotatable bonds is 3. The number of amides is 4. The lowest BCUT2D eigenvalue weighted by atomic mass is 9.97. The van der Waals surface area contributed by atoms with Crippen molar-refractivity contribution in [3.63, 3.8) is 0 Å². The number of nitrogens with one attached hydrogen (secondary N) is 1. The van der Waals surface area contributed by atoms with Crippen LogP contribution in [0.3, 0.4) is 0 Å². The highest BCUT2D eigenvalue weighted by Crippen LogP contribution is 2.31. The Balaban J connectivity index is 1.58. The van der Waals surface area contributed by atoms with Crippen LogP contribution >= 0.6 is 0 Å². The molecule has 1 atom stereocenters. The summed E-state index contributed by atoms with van der Waals surface area (Å²) in [6.45, 7) is 1.42. The van der Waals surface area contributed by atoms with Gasteiger partial charge in [-0.1, -0.05) is 0 Å². The zero-order valence-electron chi connectivity index (χ0n) is 14.6. The smallest absolute Gasteiger partial charge is 0.262 e. The lowest BCUT2D eigenvalue weighted by Crippen LogP contribution is -2.54. The van der Waals surface area contributed by atoms with Crippen molar-refractivity contribution in [1.82, 2.24) is 10.2 Å². The molecular weight excluding hydrogens is 350 g/mol. The van der Waals surface area contributed by atoms with Gasteiger partial charge < -0.3 is 9.69 Å². The Bertz CT molecular complexity index is 857. The van der Waals surface area contributed by atoms with Gasteiger partial charge >= 0.3 is 0 Å². The first-order valence-corrected chi connectivity index (χ1v) is 9.05. The number of aldehydes is 1. The first-order valence-electron chi connectivity index (χ1n) is 9.05. The summed E-state index contributed by atoms with van der Waals surface area (Å²) in [5.74, 6) is -1.95. The number of carbonyl (C=O) groups excluding carboxylic acids is 5. The fourth-order valence-corrected chi connectivity index (χ4v) is 3.95. The van der Waals surface area contributed by atoms with Gasteiger partial charge in [0.15, 0.2) is 0 Å². The summed E-state index contributed by atoms with van der Waals surface area (Å²) in [5.41, 5.74) is 1.38. The highest BCUT2D eigenvalue weighted by Gasteiger charge is 2.44. The molecule has 0 saturated carbocycles. The SMILES string of the molecule is O=CC1CCN(c2ccc3c(c2)C(=O)N(C2CCC(=O)NC2=O)C3=O)CC1. The minimum absolute atomic E-state index is 0.0712. The van der Waals surface area contributed by atoms with E-state index >= 15 is 0 Å². The Labute approximate surface area is 155 Å². The fourth-order valence-electron chi connectivity index (χ4n) is 3.95. The number of benzene rings is 1. The fraction of sp³-hybridized carbons (Fsp3) is 0.421. The van der Waals surface area contributed by atoms with Gasteiger partial charge in [0, 0.05) is 31.1 Å². The van der Waals surface area contributed by atoms with Crippen molar-refractivity contribution in [2.45, 2.75) is 31.7 Å². The summed E-state index contributed by atoms with van der Waals surface area (Å²) in [6.07, 6.45) is 2.74. The summed E-state index contributed by atoms with van der Waals surface area (Å²) >= 11 is 0. The van der Waals surface area contributed by atoms with E-state index in [1.807, 2.05) is 0 Å². The van der Waals surface area contributed by atoms with Crippen molar-refractivity contribution < 1.29 is 24.0 Å². The van der Waals surface area contributed by atoms with E-state index in [0.29, 0.717) is 13.1 Å². The quantitative estimate of drug-likeness (QED) is 0.615. The highest BCUT2D eigenvalue weighted by molar-refractivity contribution is 6.23. The third kappa shape index (κ3) is 2.90. The molecule has 27 heavy (non-hydrogen) atoms. The average molecular weight is 369 g/mol. The Morgan fingerprint density at radius 2 is 1.67 bits per heavy atom. The molecule has 2 saturated heterocycles. The molecule has 4 amide bonds. The van der Waals surface area contributed by atoms with Crippen LogP contribution < -0.4 is 10.2 Å². The number of piperidine rings is 2. The molecule has 8 heteroatoms. The van der Waals surface area contributed by atoms with E-state index in [0.717, 1.165) is 29.7 Å². The van der Waals surface area contributed by atoms with Crippen LogP contribution in [0, 0.1) is 5.92 Å². The standard InChI is InChI=1S/C19H19N3O5/c23-10-11-5-7-21(8-6-11)12-1-2-13-14(9-12)19(27)22(18(13)26)15-3-4-16(24)20-17(15)25/h1-2,9-11,15H,3-8H2,(H,20,24,25). The van der Waals surface area contributed by atoms with E-state index in [-0.39, 0.29) is 29.9 Å². The number of imide groups is 2. The van der Waals surface area contributed by atoms with Crippen molar-refractivity contribution in [1.29, 1.82) is 0 Å². The number of carbonyl (C=O) groups is 5. The Kier molecular flexibility index (Phi) is 4.25. The van der Waals surface area contributed by atoms with Crippen LogP contribution in [0.4, 0.5) is 5.69 Å². The molecule has 140 valence electrons. The third-order valence-corrected chi connectivity index (χ3v) is 5.52. The first-order chi connectivity index (χ1) is 13.0. The van der Waals surface area contributed by atoms with Gasteiger partial charge in [0.2, 0.25) is 11.8 Å². The van der Waals surface area contributed by atoms with Gasteiger partial charge in [-0.05, 0) is 37.5 Å². The lowest BCUT2D eigenvalue weighted by molar-refractivity contribution is -0.136. The zero-order chi connectivity index (χ0) is 19.1. The van der Waals surface area contributed by atoms with Crippen LogP contribution in [0.2, 0.25) is 0 Å². The molecule has 2 fully saturated rings. The average Bonchev–Trinajstić information content (AvgIpc) is 2.92. The molecule has 1 N–H and O–H groups in total. The minimum Gasteiger partial charge on any atom is -0.371 e. The highest BCUT2D eigenvalue weighted by atomic mass is 16.2. The molecule has 3 aliphatic rings. The van der Waals surface area contributed by atoms with Crippen LogP contribution in [-0.2, 0) is 14.4 Å². The minimum atomic E-state index is -0.957. The van der Waals surface area contributed by atoms with E-state index in [2.05, 4.69) is 10.2 Å². The van der Waals surface area contributed by atoms with Crippen LogP contribution in [0.5, 0.6) is 0 Å². The summed E-state index contributed by atoms with van der Waals surface area (Å²) in [5, 5.41) is 2.19. The monoisotopic (exact) mass is 369 g/mol. The van der Waals surface area contributed by atoms with Crippen molar-refractivity contribution in [2.24, 2.45) is 5.92 Å². The Morgan fingerprint density at radius 3 is 2.33 bits per heavy atom. The van der Waals surface area contributed by atoms with Crippen LogP contribution in [0.15, 0.2) is 18.2 Å². The molecule has 1 aromatic rings. The second kappa shape index (κ2) is 6.61. The second-order valence-electron chi connectivity index (χ2n) is 7.14. The van der Waals surface area contributed by atoms with Crippen molar-refractivity contribution >= 4 is 35.6 Å². The maximum atomic E-state index is 12.8. The van der Waals surface area contributed by atoms with Gasteiger partial charge in [-0.3, -0.25) is 29.4 Å². The molecule has 0 bridgehead atoms. The van der Waals surface area contributed by atoms with Gasteiger partial charge in [-0.2, -0.15) is 0 Å². The lowest BCUT2D eigenvalue weighted by Gasteiger charge is -2.31. The number of nitrogens with zero attached hydrogens (tertiary/aromatic N) is 2. The summed E-state index contributed by atoms with van der Waals surface area (Å²) in [6, 6.07) is 4.13. The normalized spacial score (nSPS) is 23.5. The number of hydrogen-bond donors (Lipinski definition) is 1. The van der Waals surface area contributed by atoms with Gasteiger partial charge in [-0.25, -0.2) is 0 Å². The summed E-state index contributed by atoms with van der Waals surface area (Å²) in [7, 11) is 0. The van der Waals surface area contributed by atoms with Gasteiger partial charge in [-0.15, -0.1) is 0 Å². The van der Waals surface area contributed by atoms with Gasteiger partial charge in [0.25, 0.3) is 11.8 Å². The molecule has 0 spiro atoms. The maximum absolute atomic E-state index is 12.8. The van der Waals surface area contributed by atoms with Crippen molar-refractivity contribution in [3.8, 4) is 0 Å². The van der Waals surface area contributed by atoms with Crippen molar-refractivity contribution in [2.75, 3.05) is 18.0 Å². The van der Waals surface area contributed by atoms with E-state index in [1.165, 1.54) is 0 Å². The number of hydrogen-bond acceptors (Lipinski definition) is 6. The number of anilines is 1. The van der Waals surface area contributed by atoms with Gasteiger partial charge in [0.1, 0.15) is 12.3 Å². The molecule has 3 aliphatic heterocycles. The third-order valence-electron chi connectivity index (χ3n) is 5.52. The summed E-state index contributed by atoms with van der Waals surface area (Å²) in [4.78, 5) is 62.9. The Hall–Kier alpha value is -3.03. The first kappa shape index (κ1) is 17.4. The van der Waals surface area contributed by atoms with E-state index < -0.39 is 29.7 Å². The van der Waals surface area contributed by atoms with Crippen molar-refractivity contribution in [3.05, 3.63) is 29.3 Å². The predicted octanol–water partition coefficient (Wildman–Crippen LogP) is 0.503. The van der Waals surface area contributed by atoms with Crippen LogP contribution in [0.1, 0.15) is 46.4 Å². The predicted molar refractivity (Wildman–Crippen MR) is 94.1 cm³/mol. The second-order valence-corrected chi connectivity index (χ2v) is 7.14. The van der Waals surface area contributed by atoms with E-state index in [9.17, 15) is 24.0 Å². The summed E-state index contributed by atoms with van der Waals surface area (Å²) < 4.78 is 0. The van der Waals surface area contributed by atoms with E-state index in [1.54, 1.807) is 18.2 Å². The molecule has 0 aromatic heterocycles. The molecule has 8 nitrogen and oxygen atoms in total. The molecule has 3 heterocycles. The zero-order valence-corrected chi connectivity index (χ0v) is 14.6. The molecule has 4 rings (SSSR count). The molecule has 1 unspecified atom stereocenters.